The van der Waals surface area contributed by atoms with E-state index < -0.39 is 43.9 Å². The second-order valence-electron chi connectivity index (χ2n) is 8.92. The zero-order chi connectivity index (χ0) is 24.8. The number of nitrogens with zero attached hydrogens (tertiary/aromatic N) is 1. The van der Waals surface area contributed by atoms with Crippen molar-refractivity contribution in [2.45, 2.75) is 35.8 Å². The summed E-state index contributed by atoms with van der Waals surface area (Å²) in [5.41, 5.74) is -1.44. The molecule has 0 spiro atoms. The van der Waals surface area contributed by atoms with Crippen LogP contribution < -0.4 is 5.32 Å². The van der Waals surface area contributed by atoms with Crippen LogP contribution in [0.25, 0.3) is 0 Å². The third-order valence-corrected chi connectivity index (χ3v) is 9.66. The van der Waals surface area contributed by atoms with Gasteiger partial charge in [-0.3, -0.25) is 4.79 Å². The topological polar surface area (TPSA) is 107 Å². The molecule has 0 aliphatic heterocycles. The summed E-state index contributed by atoms with van der Waals surface area (Å²) < 4.78 is 67.3. The van der Waals surface area contributed by atoms with Gasteiger partial charge in [-0.05, 0) is 55.7 Å². The summed E-state index contributed by atoms with van der Waals surface area (Å²) in [7, 11) is -4.02. The van der Waals surface area contributed by atoms with Gasteiger partial charge in [0.25, 0.3) is 5.91 Å². The summed E-state index contributed by atoms with van der Waals surface area (Å²) in [5, 5.41) is 20.6. The molecular formula is C23H20ClF3N2O4S. The number of aliphatic hydroxyl groups is 1. The number of aliphatic hydroxyl groups excluding tert-OH is 1. The first-order chi connectivity index (χ1) is 16.0. The molecule has 2 unspecified atom stereocenters. The second kappa shape index (κ2) is 8.87. The van der Waals surface area contributed by atoms with Crippen LogP contribution in [0.5, 0.6) is 0 Å². The van der Waals surface area contributed by atoms with Crippen LogP contribution in [0.4, 0.5) is 18.9 Å². The minimum atomic E-state index is -4.02. The second-order valence-corrected chi connectivity index (χ2v) is 11.4. The minimum Gasteiger partial charge on any atom is -0.395 e. The number of halogens is 4. The normalized spacial score (nSPS) is 26.2. The van der Waals surface area contributed by atoms with Crippen LogP contribution in [0.2, 0.25) is 5.02 Å². The number of amides is 1. The number of carbonyl (C=O) groups is 1. The fourth-order valence-corrected chi connectivity index (χ4v) is 8.11. The molecule has 2 aromatic rings. The summed E-state index contributed by atoms with van der Waals surface area (Å²) in [6.45, 7) is -0.343. The van der Waals surface area contributed by atoms with E-state index in [0.717, 1.165) is 6.07 Å². The molecule has 2 aromatic carbocycles. The Morgan fingerprint density at radius 2 is 1.74 bits per heavy atom. The average molecular weight is 513 g/mol. The van der Waals surface area contributed by atoms with Gasteiger partial charge >= 0.3 is 0 Å². The van der Waals surface area contributed by atoms with Crippen LogP contribution in [0.3, 0.4) is 0 Å². The lowest BCUT2D eigenvalue weighted by Gasteiger charge is -2.39. The predicted molar refractivity (Wildman–Crippen MR) is 117 cm³/mol. The van der Waals surface area contributed by atoms with Gasteiger partial charge in [-0.15, -0.1) is 0 Å². The standard InChI is InChI=1S/C23H20ClF3N2O4S/c24-16-4-3-12(22(31)29-15-6-17(25)20(27)18(26)7-15)5-19(16)34(32,33)21-13-1-2-14(21)9-23(8-13,10-28)11-30/h3-7,13-14,21,30H,1-2,8-9,11H2,(H,29,31)/t13?,14?,21-,23-. The summed E-state index contributed by atoms with van der Waals surface area (Å²) in [6, 6.07) is 6.96. The van der Waals surface area contributed by atoms with E-state index in [0.29, 0.717) is 25.0 Å². The monoisotopic (exact) mass is 512 g/mol. The summed E-state index contributed by atoms with van der Waals surface area (Å²) in [4.78, 5) is 12.4. The van der Waals surface area contributed by atoms with Crippen molar-refractivity contribution in [3.8, 4) is 6.07 Å². The van der Waals surface area contributed by atoms with E-state index >= 15 is 0 Å². The Bertz CT molecular complexity index is 1270. The third kappa shape index (κ3) is 4.17. The maximum absolute atomic E-state index is 13.6. The average Bonchev–Trinajstić information content (AvgIpc) is 3.09. The van der Waals surface area contributed by atoms with Crippen molar-refractivity contribution in [1.82, 2.24) is 0 Å². The first-order valence-corrected chi connectivity index (χ1v) is 12.5. The number of nitrogens with one attached hydrogen (secondary N) is 1. The van der Waals surface area contributed by atoms with Gasteiger partial charge in [0.05, 0.1) is 33.3 Å². The maximum Gasteiger partial charge on any atom is 0.255 e. The molecule has 4 rings (SSSR count). The predicted octanol–water partition coefficient (Wildman–Crippen LogP) is 4.47. The van der Waals surface area contributed by atoms with Crippen molar-refractivity contribution in [3.05, 3.63) is 58.4 Å². The number of sulfone groups is 1. The van der Waals surface area contributed by atoms with Gasteiger partial charge in [0.1, 0.15) is 0 Å². The molecule has 2 atom stereocenters. The highest BCUT2D eigenvalue weighted by Crippen LogP contribution is 2.54. The van der Waals surface area contributed by atoms with Gasteiger partial charge in [0.15, 0.2) is 27.3 Å². The minimum absolute atomic E-state index is 0.0888. The number of rotatable bonds is 5. The van der Waals surface area contributed by atoms with Gasteiger partial charge in [0.2, 0.25) is 0 Å². The lowest BCUT2D eigenvalue weighted by molar-refractivity contribution is 0.102. The number of hydrogen-bond acceptors (Lipinski definition) is 5. The third-order valence-electron chi connectivity index (χ3n) is 6.78. The molecule has 1 amide bonds. The van der Waals surface area contributed by atoms with Crippen LogP contribution >= 0.6 is 11.6 Å². The Labute approximate surface area is 199 Å². The van der Waals surface area contributed by atoms with Crippen molar-refractivity contribution in [2.24, 2.45) is 17.3 Å². The van der Waals surface area contributed by atoms with Crippen LogP contribution in [-0.4, -0.2) is 31.3 Å². The Morgan fingerprint density at radius 1 is 1.15 bits per heavy atom. The maximum atomic E-state index is 13.6. The molecular weight excluding hydrogens is 493 g/mol. The molecule has 2 fully saturated rings. The van der Waals surface area contributed by atoms with E-state index in [2.05, 4.69) is 11.4 Å². The van der Waals surface area contributed by atoms with Gasteiger partial charge in [-0.25, -0.2) is 21.6 Å². The van der Waals surface area contributed by atoms with Gasteiger partial charge in [-0.1, -0.05) is 11.6 Å². The van der Waals surface area contributed by atoms with E-state index in [1.54, 1.807) is 0 Å². The molecule has 34 heavy (non-hydrogen) atoms. The lowest BCUT2D eigenvalue weighted by atomic mass is 9.70. The van der Waals surface area contributed by atoms with Crippen molar-refractivity contribution in [2.75, 3.05) is 11.9 Å². The van der Waals surface area contributed by atoms with E-state index in [4.69, 9.17) is 11.6 Å². The van der Waals surface area contributed by atoms with Gasteiger partial charge < -0.3 is 10.4 Å². The largest absolute Gasteiger partial charge is 0.395 e. The summed E-state index contributed by atoms with van der Waals surface area (Å²) in [6.07, 6.45) is 1.69. The molecule has 2 aliphatic carbocycles. The Balaban J connectivity index is 1.64. The zero-order valence-corrected chi connectivity index (χ0v) is 19.3. The number of benzene rings is 2. The fraction of sp³-hybridized carbons (Fsp3) is 0.391. The molecule has 2 bridgehead atoms. The van der Waals surface area contributed by atoms with Crippen LogP contribution in [0.15, 0.2) is 35.2 Å². The van der Waals surface area contributed by atoms with Crippen molar-refractivity contribution in [3.63, 3.8) is 0 Å². The summed E-state index contributed by atoms with van der Waals surface area (Å²) in [5.74, 6) is -6.20. The molecule has 0 heterocycles. The number of fused-ring (bicyclic) bond motifs is 2. The quantitative estimate of drug-likeness (QED) is 0.575. The molecule has 2 saturated carbocycles. The van der Waals surface area contributed by atoms with Crippen LogP contribution in [-0.2, 0) is 9.84 Å². The van der Waals surface area contributed by atoms with E-state index in [-0.39, 0.29) is 52.5 Å². The van der Waals surface area contributed by atoms with Crippen molar-refractivity contribution in [1.29, 1.82) is 5.26 Å². The Morgan fingerprint density at radius 3 is 2.26 bits per heavy atom. The molecule has 0 saturated heterocycles. The molecule has 180 valence electrons. The van der Waals surface area contributed by atoms with Gasteiger partial charge in [-0.2, -0.15) is 5.26 Å². The lowest BCUT2D eigenvalue weighted by Crippen LogP contribution is -2.43. The number of nitriles is 1. The zero-order valence-electron chi connectivity index (χ0n) is 17.7. The molecule has 2 aliphatic rings. The molecule has 0 radical (unpaired) electrons. The molecule has 11 heteroatoms. The molecule has 2 N–H and O–H groups in total. The van der Waals surface area contributed by atoms with Gasteiger partial charge in [0, 0.05) is 23.4 Å². The van der Waals surface area contributed by atoms with Crippen molar-refractivity contribution < 1.29 is 31.5 Å². The SMILES string of the molecule is N#C[C@]1(CO)CC2CCC(C1)[C@H]2S(=O)(=O)c1cc(C(=O)Nc2cc(F)c(F)c(F)c2)ccc1Cl. The van der Waals surface area contributed by atoms with E-state index in [9.17, 15) is 36.8 Å². The number of carbonyl (C=O) groups excluding carboxylic acids is 1. The van der Waals surface area contributed by atoms with Crippen LogP contribution in [0, 0.1) is 46.0 Å². The molecule has 0 aromatic heterocycles. The summed E-state index contributed by atoms with van der Waals surface area (Å²) >= 11 is 6.21. The first kappa shape index (κ1) is 24.5. The molecule has 6 nitrogen and oxygen atoms in total. The number of hydrogen-bond donors (Lipinski definition) is 2. The van der Waals surface area contributed by atoms with Crippen molar-refractivity contribution >= 4 is 33.0 Å². The van der Waals surface area contributed by atoms with Crippen LogP contribution in [0.1, 0.15) is 36.0 Å². The Hall–Kier alpha value is -2.61. The first-order valence-electron chi connectivity index (χ1n) is 10.5. The van der Waals surface area contributed by atoms with E-state index in [1.165, 1.54) is 12.1 Å². The highest BCUT2D eigenvalue weighted by Gasteiger charge is 2.54. The Kier molecular flexibility index (Phi) is 6.40. The number of anilines is 1. The van der Waals surface area contributed by atoms with E-state index in [1.807, 2.05) is 0 Å². The highest BCUT2D eigenvalue weighted by atomic mass is 35.5. The fourth-order valence-electron chi connectivity index (χ4n) is 5.27. The highest BCUT2D eigenvalue weighted by molar-refractivity contribution is 7.92. The smallest absolute Gasteiger partial charge is 0.255 e.